The molecule has 0 aromatic rings. The normalized spacial score (nSPS) is 28.7. The third kappa shape index (κ3) is 2.37. The second kappa shape index (κ2) is 5.27. The maximum atomic E-state index is 12.6. The molecule has 2 aliphatic rings. The van der Waals surface area contributed by atoms with E-state index in [1.165, 1.54) is 0 Å². The van der Waals surface area contributed by atoms with Gasteiger partial charge in [-0.2, -0.15) is 5.26 Å². The Labute approximate surface area is 110 Å². The van der Waals surface area contributed by atoms with Crippen molar-refractivity contribution in [1.29, 1.82) is 5.26 Å². The van der Waals surface area contributed by atoms with Gasteiger partial charge in [-0.25, -0.2) is 0 Å². The van der Waals surface area contributed by atoms with Gasteiger partial charge in [0.2, 0.25) is 5.91 Å². The Morgan fingerprint density at radius 3 is 2.50 bits per heavy atom. The van der Waals surface area contributed by atoms with Crippen molar-refractivity contribution < 1.29 is 4.79 Å². The first kappa shape index (κ1) is 13.4. The summed E-state index contributed by atoms with van der Waals surface area (Å²) in [5.74, 6) is 0.0876. The molecule has 0 bridgehead atoms. The fourth-order valence-corrected chi connectivity index (χ4v) is 3.06. The average molecular weight is 249 g/mol. The molecule has 4 nitrogen and oxygen atoms in total. The van der Waals surface area contributed by atoms with Crippen molar-refractivity contribution in [2.75, 3.05) is 26.7 Å². The zero-order chi connectivity index (χ0) is 13.2. The van der Waals surface area contributed by atoms with E-state index < -0.39 is 5.41 Å². The summed E-state index contributed by atoms with van der Waals surface area (Å²) in [7, 11) is 2.09. The lowest BCUT2D eigenvalue weighted by atomic mass is 9.74. The van der Waals surface area contributed by atoms with Crippen LogP contribution in [0.5, 0.6) is 0 Å². The van der Waals surface area contributed by atoms with Gasteiger partial charge in [-0.15, -0.1) is 0 Å². The van der Waals surface area contributed by atoms with E-state index in [9.17, 15) is 10.1 Å². The summed E-state index contributed by atoms with van der Waals surface area (Å²) in [6.07, 6.45) is 4.70. The highest BCUT2D eigenvalue weighted by Crippen LogP contribution is 2.37. The van der Waals surface area contributed by atoms with Crippen LogP contribution in [0.4, 0.5) is 0 Å². The summed E-state index contributed by atoms with van der Waals surface area (Å²) in [4.78, 5) is 16.8. The van der Waals surface area contributed by atoms with Gasteiger partial charge in [-0.1, -0.05) is 19.3 Å². The highest BCUT2D eigenvalue weighted by atomic mass is 16.2. The SMILES string of the molecule is CC1CN(C(=O)C2(C#N)CCCCC2)CCN1C. The van der Waals surface area contributed by atoms with Crippen LogP contribution in [0.3, 0.4) is 0 Å². The number of piperazine rings is 1. The number of nitriles is 1. The minimum absolute atomic E-state index is 0.0876. The van der Waals surface area contributed by atoms with E-state index in [0.717, 1.165) is 51.7 Å². The van der Waals surface area contributed by atoms with Gasteiger partial charge in [0.25, 0.3) is 0 Å². The van der Waals surface area contributed by atoms with Crippen LogP contribution in [-0.4, -0.2) is 48.4 Å². The van der Waals surface area contributed by atoms with Gasteiger partial charge in [-0.3, -0.25) is 4.79 Å². The number of carbonyl (C=O) groups is 1. The lowest BCUT2D eigenvalue weighted by molar-refractivity contribution is -0.143. The number of hydrogen-bond donors (Lipinski definition) is 0. The van der Waals surface area contributed by atoms with Crippen LogP contribution >= 0.6 is 0 Å². The van der Waals surface area contributed by atoms with Gasteiger partial charge in [0.15, 0.2) is 0 Å². The van der Waals surface area contributed by atoms with Gasteiger partial charge in [-0.05, 0) is 26.8 Å². The average Bonchev–Trinajstić information content (AvgIpc) is 2.42. The fourth-order valence-electron chi connectivity index (χ4n) is 3.06. The second-order valence-corrected chi connectivity index (χ2v) is 5.84. The Hall–Kier alpha value is -1.08. The molecule has 100 valence electrons. The highest BCUT2D eigenvalue weighted by molar-refractivity contribution is 5.85. The minimum atomic E-state index is -0.714. The van der Waals surface area contributed by atoms with Gasteiger partial charge >= 0.3 is 0 Å². The Kier molecular flexibility index (Phi) is 3.91. The first-order valence-corrected chi connectivity index (χ1v) is 7.00. The molecule has 1 aliphatic heterocycles. The van der Waals surface area contributed by atoms with E-state index in [1.807, 2.05) is 4.90 Å². The van der Waals surface area contributed by atoms with Crippen molar-refractivity contribution in [3.8, 4) is 6.07 Å². The molecule has 1 saturated carbocycles. The molecular formula is C14H23N3O. The number of likely N-dealkylation sites (N-methyl/N-ethyl adjacent to an activating group) is 1. The Bertz CT molecular complexity index is 355. The van der Waals surface area contributed by atoms with Gasteiger partial charge in [0.05, 0.1) is 6.07 Å². The third-order valence-corrected chi connectivity index (χ3v) is 4.58. The van der Waals surface area contributed by atoms with Crippen LogP contribution in [0.25, 0.3) is 0 Å². The number of amides is 1. The summed E-state index contributed by atoms with van der Waals surface area (Å²) in [5, 5.41) is 9.45. The molecular weight excluding hydrogens is 226 g/mol. The molecule has 0 spiro atoms. The number of nitrogens with zero attached hydrogens (tertiary/aromatic N) is 3. The monoisotopic (exact) mass is 249 g/mol. The third-order valence-electron chi connectivity index (χ3n) is 4.58. The van der Waals surface area contributed by atoms with Crippen LogP contribution in [0.1, 0.15) is 39.0 Å². The van der Waals surface area contributed by atoms with Gasteiger partial charge in [0.1, 0.15) is 5.41 Å². The molecule has 0 aromatic heterocycles. The first-order valence-electron chi connectivity index (χ1n) is 7.00. The van der Waals surface area contributed by atoms with E-state index >= 15 is 0 Å². The summed E-state index contributed by atoms with van der Waals surface area (Å²) >= 11 is 0. The molecule has 0 radical (unpaired) electrons. The van der Waals surface area contributed by atoms with E-state index in [2.05, 4.69) is 24.9 Å². The van der Waals surface area contributed by atoms with E-state index in [1.54, 1.807) is 0 Å². The van der Waals surface area contributed by atoms with Crippen LogP contribution in [0.15, 0.2) is 0 Å². The van der Waals surface area contributed by atoms with Crippen molar-refractivity contribution in [1.82, 2.24) is 9.80 Å². The maximum absolute atomic E-state index is 12.6. The molecule has 0 aromatic carbocycles. The summed E-state index contributed by atoms with van der Waals surface area (Å²) in [6, 6.07) is 2.73. The van der Waals surface area contributed by atoms with E-state index in [0.29, 0.717) is 6.04 Å². The number of hydrogen-bond acceptors (Lipinski definition) is 3. The fraction of sp³-hybridized carbons (Fsp3) is 0.857. The first-order chi connectivity index (χ1) is 8.59. The number of rotatable bonds is 1. The van der Waals surface area contributed by atoms with Crippen LogP contribution in [0.2, 0.25) is 0 Å². The molecule has 1 unspecified atom stereocenters. The molecule has 1 saturated heterocycles. The van der Waals surface area contributed by atoms with Gasteiger partial charge < -0.3 is 9.80 Å². The molecule has 18 heavy (non-hydrogen) atoms. The number of carbonyl (C=O) groups excluding carboxylic acids is 1. The molecule has 1 atom stereocenters. The maximum Gasteiger partial charge on any atom is 0.243 e. The molecule has 2 fully saturated rings. The highest BCUT2D eigenvalue weighted by Gasteiger charge is 2.43. The molecule has 1 aliphatic carbocycles. The Morgan fingerprint density at radius 2 is 1.94 bits per heavy atom. The minimum Gasteiger partial charge on any atom is -0.338 e. The second-order valence-electron chi connectivity index (χ2n) is 5.84. The molecule has 4 heteroatoms. The Morgan fingerprint density at radius 1 is 1.28 bits per heavy atom. The van der Waals surface area contributed by atoms with Crippen molar-refractivity contribution >= 4 is 5.91 Å². The Balaban J connectivity index is 2.08. The smallest absolute Gasteiger partial charge is 0.243 e. The van der Waals surface area contributed by atoms with Crippen LogP contribution in [0, 0.1) is 16.7 Å². The van der Waals surface area contributed by atoms with Crippen molar-refractivity contribution in [2.24, 2.45) is 5.41 Å². The summed E-state index contributed by atoms with van der Waals surface area (Å²) < 4.78 is 0. The molecule has 1 heterocycles. The lowest BCUT2D eigenvalue weighted by Gasteiger charge is -2.41. The molecule has 1 amide bonds. The zero-order valence-corrected chi connectivity index (χ0v) is 11.5. The van der Waals surface area contributed by atoms with Gasteiger partial charge in [0, 0.05) is 25.7 Å². The van der Waals surface area contributed by atoms with Crippen LogP contribution in [-0.2, 0) is 4.79 Å². The molecule has 0 N–H and O–H groups in total. The predicted octanol–water partition coefficient (Wildman–Crippen LogP) is 1.62. The topological polar surface area (TPSA) is 47.3 Å². The molecule has 2 rings (SSSR count). The largest absolute Gasteiger partial charge is 0.338 e. The quantitative estimate of drug-likeness (QED) is 0.709. The standard InChI is InChI=1S/C14H23N3O/c1-12-10-17(9-8-16(12)2)13(18)14(11-15)6-4-3-5-7-14/h12H,3-10H2,1-2H3. The van der Waals surface area contributed by atoms with E-state index in [4.69, 9.17) is 0 Å². The zero-order valence-electron chi connectivity index (χ0n) is 11.5. The van der Waals surface area contributed by atoms with Crippen molar-refractivity contribution in [3.63, 3.8) is 0 Å². The summed E-state index contributed by atoms with van der Waals surface area (Å²) in [6.45, 7) is 4.58. The van der Waals surface area contributed by atoms with Crippen molar-refractivity contribution in [2.45, 2.75) is 45.1 Å². The van der Waals surface area contributed by atoms with Crippen molar-refractivity contribution in [3.05, 3.63) is 0 Å². The lowest BCUT2D eigenvalue weighted by Crippen LogP contribution is -2.55. The van der Waals surface area contributed by atoms with E-state index in [-0.39, 0.29) is 5.91 Å². The summed E-state index contributed by atoms with van der Waals surface area (Å²) in [5.41, 5.74) is -0.714. The predicted molar refractivity (Wildman–Crippen MR) is 69.8 cm³/mol. The van der Waals surface area contributed by atoms with Crippen LogP contribution < -0.4 is 0 Å².